The first kappa shape index (κ1) is 12.4. The van der Waals surface area contributed by atoms with Crippen molar-refractivity contribution in [1.29, 1.82) is 0 Å². The van der Waals surface area contributed by atoms with Crippen LogP contribution in [0.4, 0.5) is 39.5 Å². The van der Waals surface area contributed by atoms with Crippen LogP contribution in [0.1, 0.15) is 6.42 Å². The molecule has 1 unspecified atom stereocenters. The van der Waals surface area contributed by atoms with Crippen LogP contribution >= 0.6 is 0 Å². The van der Waals surface area contributed by atoms with Crippen molar-refractivity contribution in [3.63, 3.8) is 0 Å². The third-order valence-corrected chi connectivity index (χ3v) is 2.10. The molecule has 0 N–H and O–H groups in total. The fraction of sp³-hybridized carbons (Fsp3) is 1.00. The number of alkyl halides is 9. The molecule has 0 amide bonds. The summed E-state index contributed by atoms with van der Waals surface area (Å²) in [6.07, 6.45) is -6.65. The Morgan fingerprint density at radius 1 is 0.733 bits per heavy atom. The number of hydrogen-bond acceptors (Lipinski definition) is 0. The summed E-state index contributed by atoms with van der Waals surface area (Å²) in [6.45, 7) is 0. The highest BCUT2D eigenvalue weighted by molar-refractivity contribution is 5.12. The molecule has 9 heteroatoms. The van der Waals surface area contributed by atoms with Crippen LogP contribution < -0.4 is 0 Å². The molecule has 0 spiro atoms. The van der Waals surface area contributed by atoms with Gasteiger partial charge < -0.3 is 0 Å². The zero-order valence-corrected chi connectivity index (χ0v) is 6.69. The fourth-order valence-electron chi connectivity index (χ4n) is 1.12. The highest BCUT2D eigenvalue weighted by atomic mass is 19.4. The van der Waals surface area contributed by atoms with Crippen molar-refractivity contribution < 1.29 is 39.5 Å². The average Bonchev–Trinajstić information content (AvgIpc) is 2.00. The molecule has 0 bridgehead atoms. The van der Waals surface area contributed by atoms with Crippen LogP contribution in [0.2, 0.25) is 0 Å². The van der Waals surface area contributed by atoms with Gasteiger partial charge in [0.1, 0.15) is 0 Å². The Balaban J connectivity index is 3.30. The van der Waals surface area contributed by atoms with E-state index in [1.807, 2.05) is 0 Å². The highest BCUT2D eigenvalue weighted by Gasteiger charge is 2.86. The Labute approximate surface area is 77.0 Å². The largest absolute Gasteiger partial charge is 0.381 e. The summed E-state index contributed by atoms with van der Waals surface area (Å²) in [5.41, 5.74) is 0. The van der Waals surface area contributed by atoms with E-state index in [1.54, 1.807) is 0 Å². The Hall–Kier alpha value is -0.630. The van der Waals surface area contributed by atoms with E-state index in [0.717, 1.165) is 0 Å². The van der Waals surface area contributed by atoms with Gasteiger partial charge in [-0.05, 0) is 0 Å². The Bertz CT molecular complexity index is 268. The lowest BCUT2D eigenvalue weighted by atomic mass is 9.84. The van der Waals surface area contributed by atoms with E-state index in [1.165, 1.54) is 0 Å². The first-order chi connectivity index (χ1) is 6.38. The molecule has 0 aromatic rings. The van der Waals surface area contributed by atoms with E-state index < -0.39 is 36.3 Å². The van der Waals surface area contributed by atoms with E-state index in [-0.39, 0.29) is 0 Å². The second-order valence-corrected chi connectivity index (χ2v) is 3.15. The van der Waals surface area contributed by atoms with Crippen molar-refractivity contribution in [2.45, 2.75) is 36.3 Å². The topological polar surface area (TPSA) is 0 Å². The molecule has 1 aliphatic carbocycles. The number of hydrogen-bond donors (Lipinski definition) is 0. The molecule has 1 rings (SSSR count). The summed E-state index contributed by atoms with van der Waals surface area (Å²) in [7, 11) is 0. The minimum atomic E-state index is -6.42. The van der Waals surface area contributed by atoms with Crippen molar-refractivity contribution in [3.05, 3.63) is 0 Å². The van der Waals surface area contributed by atoms with E-state index in [4.69, 9.17) is 0 Å². The average molecular weight is 246 g/mol. The maximum atomic E-state index is 12.3. The van der Waals surface area contributed by atoms with Crippen LogP contribution in [-0.4, -0.2) is 29.9 Å². The molecule has 0 nitrogen and oxygen atoms in total. The summed E-state index contributed by atoms with van der Waals surface area (Å²) in [6, 6.07) is 0. The fourth-order valence-corrected chi connectivity index (χ4v) is 1.12. The standard InChI is InChI=1S/C6H3F9/c7-2-1-3(8,9)5(12,13)6(14,15)4(2,10)11/h2H,1H2. The molecular weight excluding hydrogens is 243 g/mol. The SMILES string of the molecule is FC1CC(F)(F)C(F)(F)C(F)(F)C1(F)F. The van der Waals surface area contributed by atoms with Gasteiger partial charge >= 0.3 is 23.7 Å². The number of rotatable bonds is 0. The van der Waals surface area contributed by atoms with Crippen LogP contribution in [0.3, 0.4) is 0 Å². The summed E-state index contributed by atoms with van der Waals surface area (Å²) < 4.78 is 110. The molecular formula is C6H3F9. The quantitative estimate of drug-likeness (QED) is 0.575. The lowest BCUT2D eigenvalue weighted by Gasteiger charge is -2.43. The van der Waals surface area contributed by atoms with Gasteiger partial charge in [-0.3, -0.25) is 0 Å². The summed E-state index contributed by atoms with van der Waals surface area (Å²) in [5.74, 6) is -24.0. The van der Waals surface area contributed by atoms with Crippen molar-refractivity contribution in [2.75, 3.05) is 0 Å². The first-order valence-corrected chi connectivity index (χ1v) is 3.53. The molecule has 0 aliphatic heterocycles. The molecule has 0 saturated heterocycles. The molecule has 1 aliphatic rings. The zero-order chi connectivity index (χ0) is 12.3. The van der Waals surface area contributed by atoms with E-state index in [9.17, 15) is 39.5 Å². The van der Waals surface area contributed by atoms with E-state index >= 15 is 0 Å². The normalized spacial score (nSPS) is 36.2. The van der Waals surface area contributed by atoms with Crippen LogP contribution in [0.15, 0.2) is 0 Å². The molecule has 0 radical (unpaired) electrons. The third kappa shape index (κ3) is 1.24. The van der Waals surface area contributed by atoms with E-state index in [2.05, 4.69) is 0 Å². The van der Waals surface area contributed by atoms with Crippen molar-refractivity contribution >= 4 is 0 Å². The van der Waals surface area contributed by atoms with Gasteiger partial charge in [0.2, 0.25) is 0 Å². The summed E-state index contributed by atoms with van der Waals surface area (Å²) in [4.78, 5) is 0. The minimum Gasteiger partial charge on any atom is -0.240 e. The van der Waals surface area contributed by atoms with Crippen LogP contribution in [-0.2, 0) is 0 Å². The number of halogens is 9. The predicted octanol–water partition coefficient (Wildman–Crippen LogP) is 3.27. The third-order valence-electron chi connectivity index (χ3n) is 2.10. The van der Waals surface area contributed by atoms with Gasteiger partial charge in [0.15, 0.2) is 6.17 Å². The summed E-state index contributed by atoms with van der Waals surface area (Å²) in [5, 5.41) is 0. The first-order valence-electron chi connectivity index (χ1n) is 3.53. The van der Waals surface area contributed by atoms with E-state index in [0.29, 0.717) is 0 Å². The van der Waals surface area contributed by atoms with Gasteiger partial charge in [-0.25, -0.2) is 4.39 Å². The molecule has 1 fully saturated rings. The lowest BCUT2D eigenvalue weighted by molar-refractivity contribution is -0.406. The van der Waals surface area contributed by atoms with Gasteiger partial charge in [-0.2, -0.15) is 35.1 Å². The highest BCUT2D eigenvalue weighted by Crippen LogP contribution is 2.60. The Morgan fingerprint density at radius 3 is 1.53 bits per heavy atom. The van der Waals surface area contributed by atoms with Crippen molar-refractivity contribution in [3.8, 4) is 0 Å². The van der Waals surface area contributed by atoms with Gasteiger partial charge in [0, 0.05) is 0 Å². The maximum absolute atomic E-state index is 12.3. The second-order valence-electron chi connectivity index (χ2n) is 3.15. The Kier molecular flexibility index (Phi) is 2.26. The Morgan fingerprint density at radius 2 is 1.13 bits per heavy atom. The molecule has 0 heterocycles. The van der Waals surface area contributed by atoms with Crippen molar-refractivity contribution in [1.82, 2.24) is 0 Å². The van der Waals surface area contributed by atoms with Gasteiger partial charge in [-0.1, -0.05) is 0 Å². The smallest absolute Gasteiger partial charge is 0.240 e. The zero-order valence-electron chi connectivity index (χ0n) is 6.69. The predicted molar refractivity (Wildman–Crippen MR) is 29.3 cm³/mol. The molecule has 15 heavy (non-hydrogen) atoms. The molecule has 1 atom stereocenters. The monoisotopic (exact) mass is 246 g/mol. The van der Waals surface area contributed by atoms with Gasteiger partial charge in [-0.15, -0.1) is 0 Å². The van der Waals surface area contributed by atoms with Crippen molar-refractivity contribution in [2.24, 2.45) is 0 Å². The minimum absolute atomic E-state index is 2.64. The molecule has 1 saturated carbocycles. The van der Waals surface area contributed by atoms with Crippen LogP contribution in [0.5, 0.6) is 0 Å². The van der Waals surface area contributed by atoms with Gasteiger partial charge in [0.05, 0.1) is 6.42 Å². The second kappa shape index (κ2) is 2.73. The maximum Gasteiger partial charge on any atom is 0.381 e. The molecule has 0 aromatic heterocycles. The van der Waals surface area contributed by atoms with Crippen LogP contribution in [0.25, 0.3) is 0 Å². The summed E-state index contributed by atoms with van der Waals surface area (Å²) >= 11 is 0. The van der Waals surface area contributed by atoms with Gasteiger partial charge in [0.25, 0.3) is 0 Å². The molecule has 90 valence electrons. The lowest BCUT2D eigenvalue weighted by Crippen LogP contribution is -2.70. The molecule has 0 aromatic carbocycles. The van der Waals surface area contributed by atoms with Crippen LogP contribution in [0, 0.1) is 0 Å².